The van der Waals surface area contributed by atoms with Crippen LogP contribution in [-0.4, -0.2) is 10.9 Å². The Morgan fingerprint density at radius 1 is 1.14 bits per heavy atom. The van der Waals surface area contributed by atoms with E-state index < -0.39 is 11.7 Å². The van der Waals surface area contributed by atoms with Gasteiger partial charge in [-0.2, -0.15) is 0 Å². The van der Waals surface area contributed by atoms with E-state index in [1.165, 1.54) is 24.3 Å². The summed E-state index contributed by atoms with van der Waals surface area (Å²) < 4.78 is 26.7. The van der Waals surface area contributed by atoms with Gasteiger partial charge in [-0.25, -0.2) is 13.8 Å². The lowest BCUT2D eigenvalue weighted by atomic mass is 10.2. The first kappa shape index (κ1) is 13.9. The summed E-state index contributed by atoms with van der Waals surface area (Å²) in [6, 6.07) is 7.67. The van der Waals surface area contributed by atoms with Crippen LogP contribution in [0.15, 0.2) is 36.4 Å². The highest BCUT2D eigenvalue weighted by Crippen LogP contribution is 2.27. The smallest absolute Gasteiger partial charge is 0.258 e. The number of hydrogen-bond donors (Lipinski definition) is 1. The lowest BCUT2D eigenvalue weighted by molar-refractivity contribution is 0.102. The number of amides is 1. The van der Waals surface area contributed by atoms with Gasteiger partial charge in [-0.3, -0.25) is 10.1 Å². The van der Waals surface area contributed by atoms with Crippen LogP contribution in [0.1, 0.15) is 10.4 Å². The minimum atomic E-state index is -0.521. The van der Waals surface area contributed by atoms with Gasteiger partial charge in [-0.05, 0) is 36.4 Å². The summed E-state index contributed by atoms with van der Waals surface area (Å²) in [5.41, 5.74) is 0.727. The Hall–Kier alpha value is -2.05. The highest BCUT2D eigenvalue weighted by atomic mass is 35.5. The van der Waals surface area contributed by atoms with Crippen molar-refractivity contribution in [1.29, 1.82) is 0 Å². The van der Waals surface area contributed by atoms with Gasteiger partial charge in [0, 0.05) is 0 Å². The van der Waals surface area contributed by atoms with Crippen molar-refractivity contribution in [2.24, 2.45) is 0 Å². The van der Waals surface area contributed by atoms with Gasteiger partial charge in [0.1, 0.15) is 11.6 Å². The highest BCUT2D eigenvalue weighted by Gasteiger charge is 2.13. The van der Waals surface area contributed by atoms with Crippen LogP contribution in [-0.2, 0) is 0 Å². The Labute approximate surface area is 127 Å². The lowest BCUT2D eigenvalue weighted by Gasteiger charge is -2.03. The summed E-state index contributed by atoms with van der Waals surface area (Å²) in [5.74, 6) is -1.39. The van der Waals surface area contributed by atoms with Gasteiger partial charge in [-0.1, -0.05) is 22.9 Å². The monoisotopic (exact) mass is 324 g/mol. The predicted molar refractivity (Wildman–Crippen MR) is 78.9 cm³/mol. The second-order valence-corrected chi connectivity index (χ2v) is 5.65. The minimum absolute atomic E-state index is 0.0136. The molecule has 3 nitrogen and oxygen atoms in total. The minimum Gasteiger partial charge on any atom is -0.298 e. The number of rotatable bonds is 2. The molecule has 1 amide bonds. The van der Waals surface area contributed by atoms with Crippen molar-refractivity contribution < 1.29 is 13.6 Å². The molecular weight excluding hydrogens is 318 g/mol. The third-order valence-corrected chi connectivity index (χ3v) is 3.99. The van der Waals surface area contributed by atoms with E-state index >= 15 is 0 Å². The number of hydrogen-bond acceptors (Lipinski definition) is 3. The third-order valence-electron chi connectivity index (χ3n) is 2.75. The average molecular weight is 325 g/mol. The number of aromatic nitrogens is 1. The predicted octanol–water partition coefficient (Wildman–Crippen LogP) is 4.48. The second kappa shape index (κ2) is 5.38. The first-order valence-electron chi connectivity index (χ1n) is 5.85. The molecule has 1 heterocycles. The molecule has 0 aliphatic carbocycles. The van der Waals surface area contributed by atoms with Crippen LogP contribution in [0, 0.1) is 11.6 Å². The fourth-order valence-corrected chi connectivity index (χ4v) is 2.93. The molecule has 0 aliphatic rings. The van der Waals surface area contributed by atoms with Gasteiger partial charge in [0.25, 0.3) is 5.91 Å². The van der Waals surface area contributed by atoms with Crippen molar-refractivity contribution >= 4 is 44.2 Å². The van der Waals surface area contributed by atoms with Gasteiger partial charge >= 0.3 is 0 Å². The molecule has 0 fully saturated rings. The Bertz CT molecular complexity index is 850. The number of nitrogens with zero attached hydrogens (tertiary/aromatic N) is 1. The SMILES string of the molecule is O=C(Nc1nc2ccc(F)cc2s1)c1ccc(F)cc1Cl. The molecule has 3 rings (SSSR count). The van der Waals surface area contributed by atoms with E-state index in [1.54, 1.807) is 0 Å². The average Bonchev–Trinajstić information content (AvgIpc) is 2.79. The summed E-state index contributed by atoms with van der Waals surface area (Å²) in [6.07, 6.45) is 0. The van der Waals surface area contributed by atoms with Crippen LogP contribution in [0.3, 0.4) is 0 Å². The molecule has 0 aliphatic heterocycles. The molecule has 2 aromatic carbocycles. The van der Waals surface area contributed by atoms with Crippen LogP contribution in [0.5, 0.6) is 0 Å². The van der Waals surface area contributed by atoms with Crippen molar-refractivity contribution in [2.45, 2.75) is 0 Å². The Kier molecular flexibility index (Phi) is 3.57. The highest BCUT2D eigenvalue weighted by molar-refractivity contribution is 7.22. The number of thiazole rings is 1. The van der Waals surface area contributed by atoms with Crippen molar-refractivity contribution in [1.82, 2.24) is 4.98 Å². The van der Waals surface area contributed by atoms with Crippen molar-refractivity contribution in [3.63, 3.8) is 0 Å². The van der Waals surface area contributed by atoms with E-state index in [9.17, 15) is 13.6 Å². The van der Waals surface area contributed by atoms with Crippen LogP contribution in [0.2, 0.25) is 5.02 Å². The number of carbonyl (C=O) groups is 1. The van der Waals surface area contributed by atoms with Crippen LogP contribution < -0.4 is 5.32 Å². The first-order chi connectivity index (χ1) is 10.0. The number of fused-ring (bicyclic) bond motifs is 1. The molecule has 106 valence electrons. The zero-order chi connectivity index (χ0) is 15.0. The summed E-state index contributed by atoms with van der Waals surface area (Å²) >= 11 is 6.97. The summed E-state index contributed by atoms with van der Waals surface area (Å²) in [7, 11) is 0. The van der Waals surface area contributed by atoms with E-state index in [2.05, 4.69) is 10.3 Å². The maximum atomic E-state index is 13.1. The molecule has 0 atom stereocenters. The van der Waals surface area contributed by atoms with Gasteiger partial charge in [0.15, 0.2) is 5.13 Å². The largest absolute Gasteiger partial charge is 0.298 e. The van der Waals surface area contributed by atoms with Crippen LogP contribution >= 0.6 is 22.9 Å². The van der Waals surface area contributed by atoms with Crippen LogP contribution in [0.4, 0.5) is 13.9 Å². The summed E-state index contributed by atoms with van der Waals surface area (Å²) in [4.78, 5) is 16.2. The maximum absolute atomic E-state index is 13.1. The van der Waals surface area contributed by atoms with Gasteiger partial charge in [0.2, 0.25) is 0 Å². The molecule has 21 heavy (non-hydrogen) atoms. The van der Waals surface area contributed by atoms with E-state index in [-0.39, 0.29) is 16.4 Å². The summed E-state index contributed by atoms with van der Waals surface area (Å²) in [6.45, 7) is 0. The molecule has 0 unspecified atom stereocenters. The topological polar surface area (TPSA) is 42.0 Å². The Morgan fingerprint density at radius 3 is 2.62 bits per heavy atom. The maximum Gasteiger partial charge on any atom is 0.258 e. The molecule has 1 N–H and O–H groups in total. The van der Waals surface area contributed by atoms with Crippen molar-refractivity contribution in [3.05, 3.63) is 58.6 Å². The lowest BCUT2D eigenvalue weighted by Crippen LogP contribution is -2.12. The number of nitrogens with one attached hydrogen (secondary N) is 1. The molecule has 0 saturated carbocycles. The summed E-state index contributed by atoms with van der Waals surface area (Å²) in [5, 5.41) is 2.90. The normalized spacial score (nSPS) is 10.8. The Morgan fingerprint density at radius 2 is 1.86 bits per heavy atom. The van der Waals surface area contributed by atoms with Crippen molar-refractivity contribution in [3.8, 4) is 0 Å². The fourth-order valence-electron chi connectivity index (χ4n) is 1.79. The van der Waals surface area contributed by atoms with E-state index in [1.807, 2.05) is 0 Å². The van der Waals surface area contributed by atoms with E-state index in [0.717, 1.165) is 23.5 Å². The van der Waals surface area contributed by atoms with Gasteiger partial charge in [0.05, 0.1) is 20.8 Å². The number of halogens is 3. The van der Waals surface area contributed by atoms with E-state index in [0.29, 0.717) is 15.3 Å². The molecule has 1 aromatic heterocycles. The standard InChI is InChI=1S/C14H7ClF2N2OS/c15-10-5-7(16)1-3-9(10)13(20)19-14-18-11-4-2-8(17)6-12(11)21-14/h1-6H,(H,18,19,20). The number of benzene rings is 2. The van der Waals surface area contributed by atoms with Gasteiger partial charge < -0.3 is 0 Å². The van der Waals surface area contributed by atoms with E-state index in [4.69, 9.17) is 11.6 Å². The molecule has 0 bridgehead atoms. The zero-order valence-electron chi connectivity index (χ0n) is 10.4. The Balaban J connectivity index is 1.89. The molecule has 0 spiro atoms. The number of carbonyl (C=O) groups excluding carboxylic acids is 1. The third kappa shape index (κ3) is 2.86. The molecule has 3 aromatic rings. The van der Waals surface area contributed by atoms with Crippen LogP contribution in [0.25, 0.3) is 10.2 Å². The fraction of sp³-hybridized carbons (Fsp3) is 0. The first-order valence-corrected chi connectivity index (χ1v) is 7.05. The molecule has 0 radical (unpaired) electrons. The number of anilines is 1. The molecule has 0 saturated heterocycles. The quantitative estimate of drug-likeness (QED) is 0.755. The zero-order valence-corrected chi connectivity index (χ0v) is 11.9. The van der Waals surface area contributed by atoms with Crippen molar-refractivity contribution in [2.75, 3.05) is 5.32 Å². The van der Waals surface area contributed by atoms with Gasteiger partial charge in [-0.15, -0.1) is 0 Å². The molecule has 7 heteroatoms. The second-order valence-electron chi connectivity index (χ2n) is 4.21. The molecular formula is C14H7ClF2N2OS.